The summed E-state index contributed by atoms with van der Waals surface area (Å²) in [5, 5.41) is 5.67. The fraction of sp³-hybridized carbons (Fsp3) is 0.0952. The molecule has 1 aromatic heterocycles. The highest BCUT2D eigenvalue weighted by Gasteiger charge is 2.06. The molecule has 0 saturated carbocycles. The van der Waals surface area contributed by atoms with Crippen molar-refractivity contribution in [1.29, 1.82) is 0 Å². The van der Waals surface area contributed by atoms with Crippen LogP contribution in [0.2, 0.25) is 0 Å². The Bertz CT molecular complexity index is 863. The summed E-state index contributed by atoms with van der Waals surface area (Å²) >= 11 is 0. The number of benzene rings is 2. The van der Waals surface area contributed by atoms with Gasteiger partial charge in [0.2, 0.25) is 5.91 Å². The van der Waals surface area contributed by atoms with Crippen molar-refractivity contribution in [3.05, 3.63) is 90.3 Å². The van der Waals surface area contributed by atoms with Gasteiger partial charge in [0, 0.05) is 35.8 Å². The highest BCUT2D eigenvalue weighted by Crippen LogP contribution is 2.15. The standard InChI is InChI=1S/C21H19N3O2/c25-20(11-6-16-4-2-1-3-5-16)23-18-7-9-19(10-8-18)24-21(26)17-12-14-22-15-13-17/h1-5,7-10,12-15H,6,11H2,(H,23,25)(H,24,26). The van der Waals surface area contributed by atoms with E-state index >= 15 is 0 Å². The quantitative estimate of drug-likeness (QED) is 0.712. The van der Waals surface area contributed by atoms with E-state index in [1.54, 1.807) is 48.8 Å². The van der Waals surface area contributed by atoms with Gasteiger partial charge >= 0.3 is 0 Å². The van der Waals surface area contributed by atoms with Crippen LogP contribution < -0.4 is 10.6 Å². The summed E-state index contributed by atoms with van der Waals surface area (Å²) in [5.74, 6) is -0.241. The fourth-order valence-corrected chi connectivity index (χ4v) is 2.47. The minimum atomic E-state index is -0.202. The predicted octanol–water partition coefficient (Wildman–Crippen LogP) is 3.91. The van der Waals surface area contributed by atoms with Crippen molar-refractivity contribution in [2.24, 2.45) is 0 Å². The number of aryl methyl sites for hydroxylation is 1. The first-order valence-corrected chi connectivity index (χ1v) is 8.36. The highest BCUT2D eigenvalue weighted by atomic mass is 16.2. The SMILES string of the molecule is O=C(CCc1ccccc1)Nc1ccc(NC(=O)c2ccncc2)cc1. The van der Waals surface area contributed by atoms with Gasteiger partial charge in [-0.2, -0.15) is 0 Å². The molecule has 0 unspecified atom stereocenters. The third kappa shape index (κ3) is 5.01. The van der Waals surface area contributed by atoms with Crippen LogP contribution in [0.4, 0.5) is 11.4 Å². The van der Waals surface area contributed by atoms with E-state index in [2.05, 4.69) is 15.6 Å². The van der Waals surface area contributed by atoms with Crippen LogP contribution in [0.3, 0.4) is 0 Å². The van der Waals surface area contributed by atoms with E-state index < -0.39 is 0 Å². The molecule has 0 aliphatic rings. The monoisotopic (exact) mass is 345 g/mol. The number of carbonyl (C=O) groups is 2. The summed E-state index contributed by atoms with van der Waals surface area (Å²) in [6.07, 6.45) is 4.27. The van der Waals surface area contributed by atoms with E-state index in [1.165, 1.54) is 0 Å². The number of nitrogens with one attached hydrogen (secondary N) is 2. The summed E-state index contributed by atoms with van der Waals surface area (Å²) in [7, 11) is 0. The smallest absolute Gasteiger partial charge is 0.255 e. The molecule has 0 aliphatic heterocycles. The number of rotatable bonds is 6. The molecule has 3 rings (SSSR count). The number of anilines is 2. The van der Waals surface area contributed by atoms with Crippen LogP contribution in [0.15, 0.2) is 79.1 Å². The molecule has 0 spiro atoms. The van der Waals surface area contributed by atoms with Gasteiger partial charge in [0.15, 0.2) is 0 Å². The normalized spacial score (nSPS) is 10.2. The van der Waals surface area contributed by atoms with Crippen molar-refractivity contribution in [3.63, 3.8) is 0 Å². The molecule has 5 heteroatoms. The molecule has 26 heavy (non-hydrogen) atoms. The van der Waals surface area contributed by atoms with Gasteiger partial charge in [-0.1, -0.05) is 30.3 Å². The molecule has 1 heterocycles. The van der Waals surface area contributed by atoms with Crippen molar-refractivity contribution < 1.29 is 9.59 Å². The van der Waals surface area contributed by atoms with Crippen LogP contribution >= 0.6 is 0 Å². The van der Waals surface area contributed by atoms with Crippen LogP contribution in [0.5, 0.6) is 0 Å². The lowest BCUT2D eigenvalue weighted by Crippen LogP contribution is -2.13. The largest absolute Gasteiger partial charge is 0.326 e. The second kappa shape index (κ2) is 8.58. The van der Waals surface area contributed by atoms with Gasteiger partial charge in [0.05, 0.1) is 0 Å². The number of pyridine rings is 1. The zero-order valence-electron chi connectivity index (χ0n) is 14.2. The lowest BCUT2D eigenvalue weighted by atomic mass is 10.1. The van der Waals surface area contributed by atoms with Crippen LogP contribution in [-0.2, 0) is 11.2 Å². The third-order valence-corrected chi connectivity index (χ3v) is 3.85. The molecule has 0 saturated heterocycles. The van der Waals surface area contributed by atoms with Crippen LogP contribution in [0, 0.1) is 0 Å². The van der Waals surface area contributed by atoms with Gasteiger partial charge in [-0.3, -0.25) is 14.6 Å². The Labute approximate surface area is 152 Å². The number of amides is 2. The Morgan fingerprint density at radius 2 is 1.38 bits per heavy atom. The number of hydrogen-bond donors (Lipinski definition) is 2. The molecule has 0 atom stereocenters. The van der Waals surface area contributed by atoms with E-state index in [-0.39, 0.29) is 11.8 Å². The van der Waals surface area contributed by atoms with E-state index in [0.717, 1.165) is 5.56 Å². The summed E-state index contributed by atoms with van der Waals surface area (Å²) in [4.78, 5) is 28.0. The first kappa shape index (κ1) is 17.4. The number of aromatic nitrogens is 1. The molecular formula is C21H19N3O2. The maximum absolute atomic E-state index is 12.1. The van der Waals surface area contributed by atoms with E-state index in [4.69, 9.17) is 0 Å². The van der Waals surface area contributed by atoms with Gasteiger partial charge in [0.25, 0.3) is 5.91 Å². The van der Waals surface area contributed by atoms with Crippen LogP contribution in [0.25, 0.3) is 0 Å². The average molecular weight is 345 g/mol. The zero-order valence-corrected chi connectivity index (χ0v) is 14.2. The van der Waals surface area contributed by atoms with Gasteiger partial charge in [-0.05, 0) is 48.4 Å². The maximum Gasteiger partial charge on any atom is 0.255 e. The minimum Gasteiger partial charge on any atom is -0.326 e. The lowest BCUT2D eigenvalue weighted by molar-refractivity contribution is -0.116. The number of carbonyl (C=O) groups excluding carboxylic acids is 2. The summed E-state index contributed by atoms with van der Waals surface area (Å²) in [6.45, 7) is 0. The predicted molar refractivity (Wildman–Crippen MR) is 102 cm³/mol. The first-order chi connectivity index (χ1) is 12.7. The molecule has 2 aromatic carbocycles. The van der Waals surface area contributed by atoms with Crippen molar-refractivity contribution in [1.82, 2.24) is 4.98 Å². The molecule has 3 aromatic rings. The topological polar surface area (TPSA) is 71.1 Å². The van der Waals surface area contributed by atoms with Gasteiger partial charge in [0.1, 0.15) is 0 Å². The van der Waals surface area contributed by atoms with Gasteiger partial charge in [-0.15, -0.1) is 0 Å². The Balaban J connectivity index is 1.51. The van der Waals surface area contributed by atoms with E-state index in [1.807, 2.05) is 30.3 Å². The third-order valence-electron chi connectivity index (χ3n) is 3.85. The van der Waals surface area contributed by atoms with E-state index in [9.17, 15) is 9.59 Å². The molecular weight excluding hydrogens is 326 g/mol. The molecule has 0 aliphatic carbocycles. The number of nitrogens with zero attached hydrogens (tertiary/aromatic N) is 1. The molecule has 2 amide bonds. The van der Waals surface area contributed by atoms with Crippen molar-refractivity contribution >= 4 is 23.2 Å². The molecule has 5 nitrogen and oxygen atoms in total. The summed E-state index contributed by atoms with van der Waals surface area (Å²) < 4.78 is 0. The molecule has 0 bridgehead atoms. The van der Waals surface area contributed by atoms with Crippen molar-refractivity contribution in [2.75, 3.05) is 10.6 Å². The van der Waals surface area contributed by atoms with Crippen LogP contribution in [-0.4, -0.2) is 16.8 Å². The van der Waals surface area contributed by atoms with Crippen molar-refractivity contribution in [2.45, 2.75) is 12.8 Å². The molecule has 0 fully saturated rings. The van der Waals surface area contributed by atoms with Crippen molar-refractivity contribution in [3.8, 4) is 0 Å². The Morgan fingerprint density at radius 3 is 2.04 bits per heavy atom. The summed E-state index contributed by atoms with van der Waals surface area (Å²) in [5.41, 5.74) is 3.04. The highest BCUT2D eigenvalue weighted by molar-refractivity contribution is 6.04. The average Bonchev–Trinajstić information content (AvgIpc) is 2.69. The van der Waals surface area contributed by atoms with Crippen LogP contribution in [0.1, 0.15) is 22.3 Å². The maximum atomic E-state index is 12.1. The Hall–Kier alpha value is -3.47. The zero-order chi connectivity index (χ0) is 18.2. The number of hydrogen-bond acceptors (Lipinski definition) is 3. The second-order valence-electron chi connectivity index (χ2n) is 5.80. The lowest BCUT2D eigenvalue weighted by Gasteiger charge is -2.08. The summed E-state index contributed by atoms with van der Waals surface area (Å²) in [6, 6.07) is 20.2. The second-order valence-corrected chi connectivity index (χ2v) is 5.80. The van der Waals surface area contributed by atoms with E-state index in [0.29, 0.717) is 29.8 Å². The Morgan fingerprint density at radius 1 is 0.769 bits per heavy atom. The first-order valence-electron chi connectivity index (χ1n) is 8.36. The molecule has 0 radical (unpaired) electrons. The fourth-order valence-electron chi connectivity index (χ4n) is 2.47. The molecule has 130 valence electrons. The molecule has 2 N–H and O–H groups in total. The van der Waals surface area contributed by atoms with Gasteiger partial charge < -0.3 is 10.6 Å². The Kier molecular flexibility index (Phi) is 5.72. The minimum absolute atomic E-state index is 0.0394. The van der Waals surface area contributed by atoms with Gasteiger partial charge in [-0.25, -0.2) is 0 Å².